The Morgan fingerprint density at radius 2 is 1.68 bits per heavy atom. The molecule has 9 heteroatoms. The van der Waals surface area contributed by atoms with Crippen molar-refractivity contribution in [1.29, 1.82) is 0 Å². The van der Waals surface area contributed by atoms with Crippen molar-refractivity contribution in [3.63, 3.8) is 0 Å². The van der Waals surface area contributed by atoms with Gasteiger partial charge in [0.05, 0.1) is 18.1 Å². The number of carboxylic acids is 1. The van der Waals surface area contributed by atoms with Crippen LogP contribution in [0.5, 0.6) is 0 Å². The molecule has 3 amide bonds. The third-order valence-electron chi connectivity index (χ3n) is 8.77. The highest BCUT2D eigenvalue weighted by atomic mass is 79.9. The van der Waals surface area contributed by atoms with Crippen molar-refractivity contribution in [3.05, 3.63) is 69.7 Å². The lowest BCUT2D eigenvalue weighted by atomic mass is 9.67. The van der Waals surface area contributed by atoms with E-state index in [0.717, 1.165) is 41.3 Å². The number of aliphatic hydroxyl groups is 1. The number of urea groups is 1. The second kappa shape index (κ2) is 11.9. The molecule has 216 valence electrons. The highest BCUT2D eigenvalue weighted by Gasteiger charge is 2.52. The summed E-state index contributed by atoms with van der Waals surface area (Å²) in [7, 11) is 0. The van der Waals surface area contributed by atoms with Crippen molar-refractivity contribution >= 4 is 33.8 Å². The van der Waals surface area contributed by atoms with E-state index in [2.05, 4.69) is 66.0 Å². The van der Waals surface area contributed by atoms with Crippen LogP contribution in [0.25, 0.3) is 0 Å². The first-order valence-corrected chi connectivity index (χ1v) is 14.7. The van der Waals surface area contributed by atoms with Crippen molar-refractivity contribution in [3.8, 4) is 0 Å². The molecule has 1 spiro atoms. The number of benzene rings is 2. The van der Waals surface area contributed by atoms with Crippen LogP contribution in [-0.4, -0.2) is 62.7 Å². The number of aliphatic hydroxyl groups excluding tert-OH is 1. The Morgan fingerprint density at radius 3 is 2.23 bits per heavy atom. The largest absolute Gasteiger partial charge is 0.479 e. The molecule has 1 saturated carbocycles. The predicted molar refractivity (Wildman–Crippen MR) is 157 cm³/mol. The van der Waals surface area contributed by atoms with Gasteiger partial charge in [0.1, 0.15) is 0 Å². The molecule has 2 unspecified atom stereocenters. The number of aliphatic carboxylic acids is 1. The monoisotopic (exact) mass is 613 g/mol. The molecule has 2 atom stereocenters. The van der Waals surface area contributed by atoms with Gasteiger partial charge < -0.3 is 25.3 Å². The van der Waals surface area contributed by atoms with E-state index < -0.39 is 18.0 Å². The summed E-state index contributed by atoms with van der Waals surface area (Å²) in [6.07, 6.45) is 2.41. The Bertz CT molecular complexity index is 1220. The summed E-state index contributed by atoms with van der Waals surface area (Å²) in [6.45, 7) is 9.75. The molecule has 0 radical (unpaired) electrons. The number of hydrogen-bond donors (Lipinski definition) is 3. The molecular formula is C31H40BrN3O5. The average molecular weight is 615 g/mol. The van der Waals surface area contributed by atoms with Gasteiger partial charge >= 0.3 is 12.0 Å². The molecule has 1 aliphatic carbocycles. The maximum atomic E-state index is 14.0. The molecule has 40 heavy (non-hydrogen) atoms. The van der Waals surface area contributed by atoms with Crippen LogP contribution in [0.3, 0.4) is 0 Å². The standard InChI is InChI=1S/C31H40BrN3O5/c1-20(22-9-11-25(32)12-10-22)34-19-31(15-13-24(14-16-31)30(2,3)4)35(29(34)40)18-21-5-7-23(8-6-21)27(37)33-17-26(36)28(38)39/h5-12,20,24,26,36H,13-19H2,1-4H3,(H,33,37)(H,38,39). The lowest BCUT2D eigenvalue weighted by molar-refractivity contribution is -0.146. The normalized spacial score (nSPS) is 22.9. The van der Waals surface area contributed by atoms with E-state index in [1.165, 1.54) is 0 Å². The van der Waals surface area contributed by atoms with E-state index in [1.807, 2.05) is 29.2 Å². The van der Waals surface area contributed by atoms with Crippen LogP contribution in [-0.2, 0) is 11.3 Å². The van der Waals surface area contributed by atoms with E-state index in [0.29, 0.717) is 24.6 Å². The Hall–Kier alpha value is -2.91. The summed E-state index contributed by atoms with van der Waals surface area (Å²) >= 11 is 3.50. The fraction of sp³-hybridized carbons (Fsp3) is 0.516. The zero-order valence-electron chi connectivity index (χ0n) is 23.7. The lowest BCUT2D eigenvalue weighted by Crippen LogP contribution is -2.50. The van der Waals surface area contributed by atoms with Crippen LogP contribution in [0.2, 0.25) is 0 Å². The minimum Gasteiger partial charge on any atom is -0.479 e. The topological polar surface area (TPSA) is 110 Å². The second-order valence-corrected chi connectivity index (χ2v) is 13.3. The van der Waals surface area contributed by atoms with Crippen LogP contribution in [0, 0.1) is 11.3 Å². The van der Waals surface area contributed by atoms with Crippen LogP contribution < -0.4 is 5.32 Å². The number of carboxylic acid groups (broad SMARTS) is 1. The Labute approximate surface area is 244 Å². The van der Waals surface area contributed by atoms with Crippen molar-refractivity contribution in [2.75, 3.05) is 13.1 Å². The lowest BCUT2D eigenvalue weighted by Gasteiger charge is -2.45. The van der Waals surface area contributed by atoms with E-state index in [1.54, 1.807) is 12.1 Å². The van der Waals surface area contributed by atoms with Gasteiger partial charge in [0.25, 0.3) is 5.91 Å². The van der Waals surface area contributed by atoms with Gasteiger partial charge in [0.2, 0.25) is 0 Å². The Balaban J connectivity index is 1.53. The number of halogens is 1. The Kier molecular flexibility index (Phi) is 8.95. The van der Waals surface area contributed by atoms with Crippen LogP contribution in [0.15, 0.2) is 53.0 Å². The summed E-state index contributed by atoms with van der Waals surface area (Å²) in [5.41, 5.74) is 2.37. The molecule has 0 bridgehead atoms. The van der Waals surface area contributed by atoms with Crippen molar-refractivity contribution in [1.82, 2.24) is 15.1 Å². The van der Waals surface area contributed by atoms with E-state index >= 15 is 0 Å². The third kappa shape index (κ3) is 6.52. The maximum absolute atomic E-state index is 14.0. The molecule has 2 aromatic carbocycles. The number of rotatable bonds is 8. The molecule has 1 saturated heterocycles. The van der Waals surface area contributed by atoms with E-state index in [-0.39, 0.29) is 29.6 Å². The van der Waals surface area contributed by atoms with Gasteiger partial charge in [-0.15, -0.1) is 0 Å². The maximum Gasteiger partial charge on any atom is 0.334 e. The second-order valence-electron chi connectivity index (χ2n) is 12.3. The minimum absolute atomic E-state index is 0.0362. The van der Waals surface area contributed by atoms with Crippen LogP contribution in [0.4, 0.5) is 4.79 Å². The molecule has 1 heterocycles. The zero-order valence-corrected chi connectivity index (χ0v) is 25.3. The molecular weight excluding hydrogens is 574 g/mol. The van der Waals surface area contributed by atoms with E-state index in [9.17, 15) is 19.5 Å². The molecule has 1 aliphatic heterocycles. The minimum atomic E-state index is -1.66. The van der Waals surface area contributed by atoms with E-state index in [4.69, 9.17) is 5.11 Å². The predicted octanol–water partition coefficient (Wildman–Crippen LogP) is 5.60. The van der Waals surface area contributed by atoms with Gasteiger partial charge in [0.15, 0.2) is 6.10 Å². The van der Waals surface area contributed by atoms with Gasteiger partial charge in [-0.1, -0.05) is 61.0 Å². The summed E-state index contributed by atoms with van der Waals surface area (Å²) < 4.78 is 1.00. The Morgan fingerprint density at radius 1 is 1.07 bits per heavy atom. The quantitative estimate of drug-likeness (QED) is 0.359. The molecule has 8 nitrogen and oxygen atoms in total. The van der Waals surface area contributed by atoms with Gasteiger partial charge in [-0.05, 0) is 79.3 Å². The third-order valence-corrected chi connectivity index (χ3v) is 9.30. The number of amides is 3. The molecule has 0 aromatic heterocycles. The first kappa shape index (κ1) is 30.1. The summed E-state index contributed by atoms with van der Waals surface area (Å²) in [4.78, 5) is 41.3. The fourth-order valence-electron chi connectivity index (χ4n) is 6.06. The zero-order chi connectivity index (χ0) is 29.2. The summed E-state index contributed by atoms with van der Waals surface area (Å²) in [5.74, 6) is -1.24. The van der Waals surface area contributed by atoms with Crippen molar-refractivity contribution < 1.29 is 24.6 Å². The highest BCUT2D eigenvalue weighted by Crippen LogP contribution is 2.48. The van der Waals surface area contributed by atoms with Crippen LogP contribution >= 0.6 is 15.9 Å². The van der Waals surface area contributed by atoms with Gasteiger partial charge in [0, 0.05) is 23.1 Å². The smallest absolute Gasteiger partial charge is 0.334 e. The molecule has 4 rings (SSSR count). The first-order chi connectivity index (χ1) is 18.8. The van der Waals surface area contributed by atoms with Gasteiger partial charge in [-0.25, -0.2) is 9.59 Å². The number of nitrogens with one attached hydrogen (secondary N) is 1. The van der Waals surface area contributed by atoms with Crippen molar-refractivity contribution in [2.45, 2.75) is 77.6 Å². The average Bonchev–Trinajstić information content (AvgIpc) is 3.17. The van der Waals surface area contributed by atoms with Gasteiger partial charge in [-0.3, -0.25) is 4.79 Å². The summed E-state index contributed by atoms with van der Waals surface area (Å²) in [6, 6.07) is 15.1. The fourth-order valence-corrected chi connectivity index (χ4v) is 6.32. The number of carbonyl (C=O) groups is 3. The van der Waals surface area contributed by atoms with Crippen molar-refractivity contribution in [2.24, 2.45) is 11.3 Å². The molecule has 3 N–H and O–H groups in total. The molecule has 2 fully saturated rings. The number of nitrogens with zero attached hydrogens (tertiary/aromatic N) is 2. The summed E-state index contributed by atoms with van der Waals surface area (Å²) in [5, 5.41) is 20.7. The molecule has 2 aromatic rings. The SMILES string of the molecule is CC(c1ccc(Br)cc1)N1CC2(CCC(C(C)(C)C)CC2)N(Cc2ccc(C(=O)NCC(O)C(=O)O)cc2)C1=O. The van der Waals surface area contributed by atoms with Gasteiger partial charge in [-0.2, -0.15) is 0 Å². The van der Waals surface area contributed by atoms with Crippen LogP contribution in [0.1, 0.15) is 80.9 Å². The first-order valence-electron chi connectivity index (χ1n) is 13.9. The molecule has 2 aliphatic rings. The number of hydrogen-bond acceptors (Lipinski definition) is 4. The number of carbonyl (C=O) groups excluding carboxylic acids is 2. The highest BCUT2D eigenvalue weighted by molar-refractivity contribution is 9.10.